The van der Waals surface area contributed by atoms with E-state index in [0.717, 1.165) is 35.5 Å². The minimum atomic E-state index is -1.03. The third kappa shape index (κ3) is 4.53. The third-order valence-electron chi connectivity index (χ3n) is 4.92. The summed E-state index contributed by atoms with van der Waals surface area (Å²) in [5, 5.41) is 22.0. The van der Waals surface area contributed by atoms with Gasteiger partial charge < -0.3 is 30.9 Å². The number of nitrogens with zero attached hydrogens (tertiary/aromatic N) is 2. The lowest BCUT2D eigenvalue weighted by Gasteiger charge is -2.37. The number of anilines is 3. The normalized spacial score (nSPS) is 20.7. The Balaban J connectivity index is 1.45. The van der Waals surface area contributed by atoms with Crippen molar-refractivity contribution in [2.75, 3.05) is 28.6 Å². The fourth-order valence-electron chi connectivity index (χ4n) is 3.80. The third-order valence-corrected chi connectivity index (χ3v) is 5.43. The maximum absolute atomic E-state index is 10.4. The highest BCUT2D eigenvalue weighted by atomic mass is 35.5. The summed E-state index contributed by atoms with van der Waals surface area (Å²) in [5.41, 5.74) is 2.28. The van der Waals surface area contributed by atoms with Crippen molar-refractivity contribution in [1.29, 1.82) is 0 Å². The van der Waals surface area contributed by atoms with E-state index in [4.69, 9.17) is 23.2 Å². The van der Waals surface area contributed by atoms with Gasteiger partial charge in [0.25, 0.3) is 0 Å². The Labute approximate surface area is 179 Å². The maximum Gasteiger partial charge on any atom is 0.202 e. The predicted octanol–water partition coefficient (Wildman–Crippen LogP) is 3.86. The van der Waals surface area contributed by atoms with Crippen molar-refractivity contribution in [1.82, 2.24) is 15.3 Å². The molecule has 0 radical (unpaired) electrons. The Bertz CT molecular complexity index is 1000. The molecule has 3 heterocycles. The van der Waals surface area contributed by atoms with Crippen LogP contribution >= 0.6 is 23.2 Å². The number of rotatable bonds is 5. The van der Waals surface area contributed by atoms with Crippen molar-refractivity contribution in [3.05, 3.63) is 46.7 Å². The van der Waals surface area contributed by atoms with Crippen LogP contribution in [0.1, 0.15) is 13.8 Å². The van der Waals surface area contributed by atoms with Gasteiger partial charge in [-0.05, 0) is 38.1 Å². The Hall–Kier alpha value is -2.19. The van der Waals surface area contributed by atoms with E-state index in [1.54, 1.807) is 18.5 Å². The molecule has 4 rings (SSSR count). The fourth-order valence-corrected chi connectivity index (χ4v) is 4.25. The van der Waals surface area contributed by atoms with Crippen LogP contribution in [0.5, 0.6) is 0 Å². The highest BCUT2D eigenvalue weighted by molar-refractivity contribution is 6.33. The van der Waals surface area contributed by atoms with E-state index >= 15 is 0 Å². The molecule has 1 saturated heterocycles. The minimum absolute atomic E-state index is 0.366. The molecule has 0 saturated carbocycles. The maximum atomic E-state index is 10.4. The highest BCUT2D eigenvalue weighted by Gasteiger charge is 2.23. The number of benzene rings is 1. The fraction of sp³-hybridized carbons (Fsp3) is 0.350. The predicted molar refractivity (Wildman–Crippen MR) is 120 cm³/mol. The molecule has 1 aliphatic heterocycles. The number of aliphatic hydroxyl groups excluding tert-OH is 1. The highest BCUT2D eigenvalue weighted by Crippen LogP contribution is 2.29. The van der Waals surface area contributed by atoms with Gasteiger partial charge in [0.15, 0.2) is 0 Å². The SMILES string of the molecule is C[C@H]1CN(c2ncc(NC(O)Nc3c[nH]c4ccc(Cl)cc34)cc2Cl)C[C@H](C)N1. The van der Waals surface area contributed by atoms with E-state index in [-0.39, 0.29) is 0 Å². The Morgan fingerprint density at radius 3 is 2.66 bits per heavy atom. The second-order valence-electron chi connectivity index (χ2n) is 7.49. The van der Waals surface area contributed by atoms with E-state index < -0.39 is 6.35 Å². The summed E-state index contributed by atoms with van der Waals surface area (Å²) >= 11 is 12.6. The van der Waals surface area contributed by atoms with Crippen molar-refractivity contribution in [2.45, 2.75) is 32.3 Å². The molecule has 1 aromatic carbocycles. The molecule has 0 bridgehead atoms. The number of H-pyrrole nitrogens is 1. The number of halogens is 2. The van der Waals surface area contributed by atoms with E-state index in [2.05, 4.69) is 44.7 Å². The molecule has 2 aromatic heterocycles. The first kappa shape index (κ1) is 20.1. The Morgan fingerprint density at radius 1 is 1.17 bits per heavy atom. The summed E-state index contributed by atoms with van der Waals surface area (Å²) in [7, 11) is 0. The molecule has 1 unspecified atom stereocenters. The number of fused-ring (bicyclic) bond motifs is 1. The first-order valence-corrected chi connectivity index (χ1v) is 10.3. The van der Waals surface area contributed by atoms with Gasteiger partial charge in [0, 0.05) is 47.3 Å². The summed E-state index contributed by atoms with van der Waals surface area (Å²) < 4.78 is 0. The number of piperazine rings is 1. The lowest BCUT2D eigenvalue weighted by atomic mass is 10.1. The van der Waals surface area contributed by atoms with Gasteiger partial charge in [0.2, 0.25) is 6.35 Å². The van der Waals surface area contributed by atoms with Crippen molar-refractivity contribution in [2.24, 2.45) is 0 Å². The van der Waals surface area contributed by atoms with Gasteiger partial charge >= 0.3 is 0 Å². The zero-order valence-electron chi connectivity index (χ0n) is 16.2. The molecule has 29 heavy (non-hydrogen) atoms. The number of aromatic nitrogens is 2. The summed E-state index contributed by atoms with van der Waals surface area (Å²) in [6.45, 7) is 5.98. The Kier molecular flexibility index (Phi) is 5.74. The molecule has 1 fully saturated rings. The smallest absolute Gasteiger partial charge is 0.202 e. The molecule has 154 valence electrons. The monoisotopic (exact) mass is 434 g/mol. The largest absolute Gasteiger partial charge is 0.359 e. The van der Waals surface area contributed by atoms with Crippen LogP contribution in [0.3, 0.4) is 0 Å². The van der Waals surface area contributed by atoms with E-state index in [1.165, 1.54) is 0 Å². The lowest BCUT2D eigenvalue weighted by molar-refractivity contribution is 0.233. The molecule has 0 amide bonds. The molecule has 1 aliphatic rings. The summed E-state index contributed by atoms with van der Waals surface area (Å²) in [4.78, 5) is 9.85. The first-order valence-electron chi connectivity index (χ1n) is 9.53. The van der Waals surface area contributed by atoms with E-state index in [0.29, 0.717) is 27.8 Å². The molecule has 3 aromatic rings. The van der Waals surface area contributed by atoms with Crippen LogP contribution in [0.25, 0.3) is 10.9 Å². The quantitative estimate of drug-likeness (QED) is 0.392. The van der Waals surface area contributed by atoms with Gasteiger partial charge in [-0.2, -0.15) is 0 Å². The van der Waals surface area contributed by atoms with Gasteiger partial charge in [-0.1, -0.05) is 23.2 Å². The van der Waals surface area contributed by atoms with E-state index in [1.807, 2.05) is 18.2 Å². The van der Waals surface area contributed by atoms with Crippen molar-refractivity contribution in [3.8, 4) is 0 Å². The molecule has 7 nitrogen and oxygen atoms in total. The molecular weight excluding hydrogens is 411 g/mol. The van der Waals surface area contributed by atoms with Crippen molar-refractivity contribution < 1.29 is 5.11 Å². The first-order chi connectivity index (χ1) is 13.9. The summed E-state index contributed by atoms with van der Waals surface area (Å²) in [5.74, 6) is 0.756. The molecule has 3 atom stereocenters. The van der Waals surface area contributed by atoms with Crippen molar-refractivity contribution >= 4 is 51.3 Å². The number of hydrogen-bond acceptors (Lipinski definition) is 6. The van der Waals surface area contributed by atoms with Gasteiger partial charge in [-0.3, -0.25) is 0 Å². The van der Waals surface area contributed by atoms with E-state index in [9.17, 15) is 5.11 Å². The molecule has 0 aliphatic carbocycles. The average molecular weight is 435 g/mol. The number of nitrogens with one attached hydrogen (secondary N) is 4. The second kappa shape index (κ2) is 8.28. The van der Waals surface area contributed by atoms with Crippen LogP contribution < -0.4 is 20.9 Å². The number of pyridine rings is 1. The van der Waals surface area contributed by atoms with Crippen LogP contribution in [0.4, 0.5) is 17.2 Å². The average Bonchev–Trinajstić information content (AvgIpc) is 3.03. The molecule has 0 spiro atoms. The summed E-state index contributed by atoms with van der Waals surface area (Å²) in [6.07, 6.45) is 2.43. The standard InChI is InChI=1S/C20H24Cl2N6O/c1-11-9-28(10-12(2)25-11)19-16(22)6-14(7-24-19)26-20(29)27-18-8-23-17-4-3-13(21)5-15(17)18/h3-8,11-12,20,23,25-27,29H,9-10H2,1-2H3/t11-,12-,20?/m0/s1. The number of aliphatic hydroxyl groups is 1. The number of aromatic amines is 1. The Morgan fingerprint density at radius 2 is 1.93 bits per heavy atom. The minimum Gasteiger partial charge on any atom is -0.359 e. The number of hydrogen-bond donors (Lipinski definition) is 5. The van der Waals surface area contributed by atoms with Gasteiger partial charge in [-0.25, -0.2) is 4.98 Å². The second-order valence-corrected chi connectivity index (χ2v) is 8.33. The van der Waals surface area contributed by atoms with Crippen LogP contribution in [0, 0.1) is 0 Å². The summed E-state index contributed by atoms with van der Waals surface area (Å²) in [6, 6.07) is 8.05. The van der Waals surface area contributed by atoms with Gasteiger partial charge in [-0.15, -0.1) is 0 Å². The van der Waals surface area contributed by atoms with Crippen LogP contribution in [0.2, 0.25) is 10.0 Å². The topological polar surface area (TPSA) is 88.2 Å². The van der Waals surface area contributed by atoms with Crippen LogP contribution in [0.15, 0.2) is 36.7 Å². The molecule has 5 N–H and O–H groups in total. The van der Waals surface area contributed by atoms with Crippen molar-refractivity contribution in [3.63, 3.8) is 0 Å². The zero-order chi connectivity index (χ0) is 20.5. The van der Waals surface area contributed by atoms with Crippen LogP contribution in [-0.2, 0) is 0 Å². The lowest BCUT2D eigenvalue weighted by Crippen LogP contribution is -2.54. The van der Waals surface area contributed by atoms with Crippen LogP contribution in [-0.4, -0.2) is 46.6 Å². The molecule has 9 heteroatoms. The molecular formula is C20H24Cl2N6O. The van der Waals surface area contributed by atoms with Gasteiger partial charge in [0.05, 0.1) is 22.6 Å². The van der Waals surface area contributed by atoms with Gasteiger partial charge in [0.1, 0.15) is 5.82 Å². The zero-order valence-corrected chi connectivity index (χ0v) is 17.7.